The maximum atomic E-state index is 13.6. The first kappa shape index (κ1) is 21.6. The fraction of sp³-hybridized carbons (Fsp3) is 0.360. The highest BCUT2D eigenvalue weighted by Gasteiger charge is 2.58. The molecule has 9 heteroatoms. The predicted octanol–water partition coefficient (Wildman–Crippen LogP) is 4.58. The van der Waals surface area contributed by atoms with Gasteiger partial charge >= 0.3 is 0 Å². The van der Waals surface area contributed by atoms with Crippen LogP contribution in [-0.4, -0.2) is 32.2 Å². The molecule has 3 fully saturated rings. The number of benzene rings is 2. The van der Waals surface area contributed by atoms with Crippen molar-refractivity contribution in [3.63, 3.8) is 0 Å². The van der Waals surface area contributed by atoms with Crippen molar-refractivity contribution in [3.8, 4) is 17.0 Å². The van der Waals surface area contributed by atoms with Crippen LogP contribution in [0.5, 0.6) is 5.75 Å². The normalized spacial score (nSPS) is 29.2. The number of halogens is 3. The maximum Gasteiger partial charge on any atom is 0.261 e. The Morgan fingerprint density at radius 1 is 1.18 bits per heavy atom. The van der Waals surface area contributed by atoms with Crippen molar-refractivity contribution in [2.45, 2.75) is 49.5 Å². The lowest BCUT2D eigenvalue weighted by Gasteiger charge is -2.40. The first-order valence-corrected chi connectivity index (χ1v) is 11.6. The van der Waals surface area contributed by atoms with Crippen molar-refractivity contribution in [2.24, 2.45) is 5.92 Å². The van der Waals surface area contributed by atoms with Gasteiger partial charge in [-0.05, 0) is 61.6 Å². The molecule has 2 bridgehead atoms. The van der Waals surface area contributed by atoms with E-state index in [0.29, 0.717) is 33.5 Å². The number of amides is 1. The molecule has 0 radical (unpaired) electrons. The number of fused-ring (bicyclic) bond motifs is 2. The number of nitrogens with one attached hydrogen (secondary N) is 1. The second-order valence-electron chi connectivity index (χ2n) is 9.58. The zero-order chi connectivity index (χ0) is 23.6. The van der Waals surface area contributed by atoms with Gasteiger partial charge in [-0.1, -0.05) is 11.6 Å². The van der Waals surface area contributed by atoms with E-state index in [0.717, 1.165) is 31.4 Å². The van der Waals surface area contributed by atoms with Crippen LogP contribution in [0.4, 0.5) is 8.78 Å². The smallest absolute Gasteiger partial charge is 0.261 e. The predicted molar refractivity (Wildman–Crippen MR) is 120 cm³/mol. The van der Waals surface area contributed by atoms with Gasteiger partial charge in [0.15, 0.2) is 17.7 Å². The minimum Gasteiger partial charge on any atom is -0.480 e. The van der Waals surface area contributed by atoms with Gasteiger partial charge < -0.3 is 19.7 Å². The number of hydrogen-bond acceptors (Lipinski definition) is 4. The van der Waals surface area contributed by atoms with Crippen molar-refractivity contribution in [1.82, 2.24) is 14.9 Å². The summed E-state index contributed by atoms with van der Waals surface area (Å²) in [5.74, 6) is -1.16. The molecule has 3 atom stereocenters. The van der Waals surface area contributed by atoms with Crippen LogP contribution in [0.25, 0.3) is 11.3 Å². The van der Waals surface area contributed by atoms with Crippen LogP contribution in [0.3, 0.4) is 0 Å². The zero-order valence-corrected chi connectivity index (χ0v) is 18.8. The number of hydrogen-bond donors (Lipinski definition) is 2. The zero-order valence-electron chi connectivity index (χ0n) is 18.0. The molecule has 4 aliphatic rings. The molecule has 1 aromatic heterocycles. The summed E-state index contributed by atoms with van der Waals surface area (Å²) in [7, 11) is 0. The monoisotopic (exact) mass is 485 g/mol. The summed E-state index contributed by atoms with van der Waals surface area (Å²) < 4.78 is 34.7. The minimum atomic E-state index is -0.905. The molecule has 2 N–H and O–H groups in total. The third-order valence-electron chi connectivity index (χ3n) is 7.37. The quantitative estimate of drug-likeness (QED) is 0.567. The van der Waals surface area contributed by atoms with E-state index < -0.39 is 23.8 Å². The van der Waals surface area contributed by atoms with Crippen molar-refractivity contribution < 1.29 is 23.4 Å². The van der Waals surface area contributed by atoms with E-state index in [-0.39, 0.29) is 23.9 Å². The summed E-state index contributed by atoms with van der Waals surface area (Å²) in [6.07, 6.45) is 4.58. The van der Waals surface area contributed by atoms with E-state index in [2.05, 4.69) is 10.3 Å². The van der Waals surface area contributed by atoms with Crippen molar-refractivity contribution in [2.75, 3.05) is 0 Å². The second kappa shape index (κ2) is 7.78. The lowest BCUT2D eigenvalue weighted by molar-refractivity contribution is -0.133. The average molecular weight is 486 g/mol. The SMILES string of the molecule is O=C(NC12CC(C1)C(n1cnc(-c3ccc(F)c(F)c3)c1)C2)[C@H]1C[C@@H](O)c2cc(Cl)ccc2O1. The van der Waals surface area contributed by atoms with Crippen LogP contribution in [0, 0.1) is 17.6 Å². The van der Waals surface area contributed by atoms with Gasteiger partial charge in [0, 0.05) is 40.3 Å². The first-order valence-electron chi connectivity index (χ1n) is 11.3. The van der Waals surface area contributed by atoms with E-state index in [9.17, 15) is 18.7 Å². The number of aromatic nitrogens is 2. The van der Waals surface area contributed by atoms with Crippen LogP contribution in [0.15, 0.2) is 48.9 Å². The Labute approximate surface area is 199 Å². The molecule has 1 aliphatic heterocycles. The molecule has 34 heavy (non-hydrogen) atoms. The molecular formula is C25H22ClF2N3O3. The van der Waals surface area contributed by atoms with Gasteiger partial charge in [0.1, 0.15) is 5.75 Å². The molecular weight excluding hydrogens is 464 g/mol. The summed E-state index contributed by atoms with van der Waals surface area (Å²) >= 11 is 6.01. The highest BCUT2D eigenvalue weighted by atomic mass is 35.5. The average Bonchev–Trinajstić information content (AvgIpc) is 3.49. The molecule has 7 rings (SSSR count). The van der Waals surface area contributed by atoms with E-state index in [1.807, 2.05) is 10.8 Å². The largest absolute Gasteiger partial charge is 0.480 e. The number of carbonyl (C=O) groups is 1. The number of imidazole rings is 1. The first-order chi connectivity index (χ1) is 16.3. The summed E-state index contributed by atoms with van der Waals surface area (Å²) in [5, 5.41) is 14.2. The highest BCUT2D eigenvalue weighted by molar-refractivity contribution is 6.30. The van der Waals surface area contributed by atoms with Crippen LogP contribution in [0.2, 0.25) is 5.02 Å². The molecule has 0 saturated heterocycles. The molecule has 6 nitrogen and oxygen atoms in total. The van der Waals surface area contributed by atoms with Crippen LogP contribution in [0.1, 0.15) is 43.4 Å². The van der Waals surface area contributed by atoms with E-state index >= 15 is 0 Å². The van der Waals surface area contributed by atoms with Gasteiger partial charge in [-0.15, -0.1) is 0 Å². The summed E-state index contributed by atoms with van der Waals surface area (Å²) in [6.45, 7) is 0. The van der Waals surface area contributed by atoms with Gasteiger partial charge in [0.05, 0.1) is 18.1 Å². The third kappa shape index (κ3) is 3.56. The molecule has 2 heterocycles. The van der Waals surface area contributed by atoms with Crippen molar-refractivity contribution >= 4 is 17.5 Å². The summed E-state index contributed by atoms with van der Waals surface area (Å²) in [6, 6.07) is 8.91. The second-order valence-corrected chi connectivity index (χ2v) is 10.0. The molecule has 1 amide bonds. The van der Waals surface area contributed by atoms with Crippen molar-refractivity contribution in [1.29, 1.82) is 0 Å². The number of aliphatic hydroxyl groups excluding tert-OH is 1. The Bertz CT molecular complexity index is 1290. The molecule has 3 aliphatic carbocycles. The molecule has 3 saturated carbocycles. The van der Waals surface area contributed by atoms with Gasteiger partial charge in [-0.25, -0.2) is 13.8 Å². The molecule has 176 valence electrons. The number of ether oxygens (including phenoxy) is 1. The summed E-state index contributed by atoms with van der Waals surface area (Å²) in [4.78, 5) is 17.4. The Hall–Kier alpha value is -2.97. The van der Waals surface area contributed by atoms with Crippen LogP contribution < -0.4 is 10.1 Å². The minimum absolute atomic E-state index is 0.160. The van der Waals surface area contributed by atoms with E-state index in [4.69, 9.17) is 16.3 Å². The van der Waals surface area contributed by atoms with Gasteiger partial charge in [-0.3, -0.25) is 4.79 Å². The fourth-order valence-corrected chi connectivity index (χ4v) is 5.88. The Balaban J connectivity index is 1.13. The number of aliphatic hydroxyl groups is 1. The number of rotatable bonds is 4. The number of nitrogens with zero attached hydrogens (tertiary/aromatic N) is 2. The Kier molecular flexibility index (Phi) is 4.93. The highest BCUT2D eigenvalue weighted by Crippen LogP contribution is 2.57. The molecule has 1 unspecified atom stereocenters. The fourth-order valence-electron chi connectivity index (χ4n) is 5.69. The Morgan fingerprint density at radius 3 is 2.79 bits per heavy atom. The summed E-state index contributed by atoms with van der Waals surface area (Å²) in [5.41, 5.74) is 1.37. The molecule has 3 aromatic rings. The van der Waals surface area contributed by atoms with Gasteiger partial charge in [0.25, 0.3) is 5.91 Å². The maximum absolute atomic E-state index is 13.6. The van der Waals surface area contributed by atoms with Crippen molar-refractivity contribution in [3.05, 3.63) is 71.1 Å². The van der Waals surface area contributed by atoms with E-state index in [1.165, 1.54) is 6.07 Å². The number of carbonyl (C=O) groups excluding carboxylic acids is 1. The Morgan fingerprint density at radius 2 is 2.00 bits per heavy atom. The lowest BCUT2D eigenvalue weighted by Crippen LogP contribution is -2.56. The third-order valence-corrected chi connectivity index (χ3v) is 7.60. The van der Waals surface area contributed by atoms with Gasteiger partial charge in [0.2, 0.25) is 0 Å². The topological polar surface area (TPSA) is 76.4 Å². The molecule has 2 aromatic carbocycles. The lowest BCUT2D eigenvalue weighted by atomic mass is 9.76. The van der Waals surface area contributed by atoms with Crippen LogP contribution in [-0.2, 0) is 4.79 Å². The standard InChI is InChI=1S/C25H22ClF2N3O3/c26-15-2-4-22-16(6-15)21(32)7-23(34-22)24(33)30-25-8-14(9-25)20(10-25)31-11-19(29-12-31)13-1-3-17(27)18(28)5-13/h1-6,11-12,14,20-21,23,32H,7-10H2,(H,30,33)/t14?,20?,21-,23-,25?/m1/s1. The van der Waals surface area contributed by atoms with E-state index in [1.54, 1.807) is 24.5 Å². The van der Waals surface area contributed by atoms with Crippen LogP contribution >= 0.6 is 11.6 Å². The molecule has 0 spiro atoms. The van der Waals surface area contributed by atoms with Gasteiger partial charge in [-0.2, -0.15) is 0 Å².